The minimum atomic E-state index is -0.490. The van der Waals surface area contributed by atoms with Crippen molar-refractivity contribution in [3.05, 3.63) is 35.4 Å². The van der Waals surface area contributed by atoms with Crippen LogP contribution in [0.15, 0.2) is 24.3 Å². The highest BCUT2D eigenvalue weighted by Gasteiger charge is 2.04. The lowest BCUT2D eigenvalue weighted by Crippen LogP contribution is -2.16. The molecular weight excluding hydrogens is 183 g/mol. The standard InChI is InChI=1S/C11H15FO2/c1-14-8-11(13)6-9-2-4-10(7-12)5-3-9/h2-5,11,13H,6-8H2,1H3. The van der Waals surface area contributed by atoms with E-state index in [2.05, 4.69) is 0 Å². The van der Waals surface area contributed by atoms with Gasteiger partial charge in [-0.1, -0.05) is 24.3 Å². The first-order valence-electron chi connectivity index (χ1n) is 4.57. The molecule has 0 aliphatic heterocycles. The van der Waals surface area contributed by atoms with Crippen molar-refractivity contribution in [2.75, 3.05) is 13.7 Å². The monoisotopic (exact) mass is 198 g/mol. The summed E-state index contributed by atoms with van der Waals surface area (Å²) in [6, 6.07) is 7.12. The molecule has 0 spiro atoms. The molecule has 1 unspecified atom stereocenters. The number of aliphatic hydroxyl groups is 1. The van der Waals surface area contributed by atoms with Gasteiger partial charge in [0.15, 0.2) is 0 Å². The maximum atomic E-state index is 12.2. The highest BCUT2D eigenvalue weighted by molar-refractivity contribution is 5.22. The number of rotatable bonds is 5. The van der Waals surface area contributed by atoms with Crippen LogP contribution in [0.25, 0.3) is 0 Å². The van der Waals surface area contributed by atoms with Crippen LogP contribution < -0.4 is 0 Å². The summed E-state index contributed by atoms with van der Waals surface area (Å²) in [5.74, 6) is 0. The van der Waals surface area contributed by atoms with Gasteiger partial charge in [-0.05, 0) is 11.1 Å². The van der Waals surface area contributed by atoms with Crippen molar-refractivity contribution < 1.29 is 14.2 Å². The number of benzene rings is 1. The molecule has 14 heavy (non-hydrogen) atoms. The third-order valence-electron chi connectivity index (χ3n) is 2.01. The Morgan fingerprint density at radius 2 is 1.86 bits per heavy atom. The Bertz CT molecular complexity index is 258. The maximum Gasteiger partial charge on any atom is 0.115 e. The lowest BCUT2D eigenvalue weighted by molar-refractivity contribution is 0.0650. The number of alkyl halides is 1. The molecule has 0 saturated heterocycles. The van der Waals surface area contributed by atoms with Crippen molar-refractivity contribution >= 4 is 0 Å². The highest BCUT2D eigenvalue weighted by Crippen LogP contribution is 2.08. The van der Waals surface area contributed by atoms with E-state index in [-0.39, 0.29) is 0 Å². The molecule has 3 heteroatoms. The zero-order chi connectivity index (χ0) is 10.4. The van der Waals surface area contributed by atoms with Crippen LogP contribution in [-0.2, 0) is 17.8 Å². The number of methoxy groups -OCH3 is 1. The van der Waals surface area contributed by atoms with Crippen molar-refractivity contribution in [3.63, 3.8) is 0 Å². The first kappa shape index (κ1) is 11.1. The molecule has 0 aliphatic carbocycles. The van der Waals surface area contributed by atoms with E-state index >= 15 is 0 Å². The van der Waals surface area contributed by atoms with Gasteiger partial charge in [-0.2, -0.15) is 0 Å². The van der Waals surface area contributed by atoms with Crippen molar-refractivity contribution in [1.82, 2.24) is 0 Å². The third kappa shape index (κ3) is 3.44. The fraction of sp³-hybridized carbons (Fsp3) is 0.455. The number of halogens is 1. The molecule has 0 aliphatic rings. The molecule has 1 aromatic rings. The number of aliphatic hydroxyl groups excluding tert-OH is 1. The minimum Gasteiger partial charge on any atom is -0.390 e. The van der Waals surface area contributed by atoms with Gasteiger partial charge in [0.1, 0.15) is 6.67 Å². The second kappa shape index (κ2) is 5.73. The van der Waals surface area contributed by atoms with Crippen molar-refractivity contribution in [2.45, 2.75) is 19.2 Å². The van der Waals surface area contributed by atoms with Crippen LogP contribution in [0.3, 0.4) is 0 Å². The van der Waals surface area contributed by atoms with E-state index in [9.17, 15) is 9.50 Å². The molecule has 78 valence electrons. The summed E-state index contributed by atoms with van der Waals surface area (Å²) in [4.78, 5) is 0. The van der Waals surface area contributed by atoms with Crippen LogP contribution in [0.5, 0.6) is 0 Å². The van der Waals surface area contributed by atoms with E-state index in [1.807, 2.05) is 12.1 Å². The van der Waals surface area contributed by atoms with Gasteiger partial charge < -0.3 is 9.84 Å². The predicted octanol–water partition coefficient (Wildman–Crippen LogP) is 1.71. The second-order valence-corrected chi connectivity index (χ2v) is 3.26. The van der Waals surface area contributed by atoms with Crippen LogP contribution >= 0.6 is 0 Å². The van der Waals surface area contributed by atoms with E-state index in [0.717, 1.165) is 5.56 Å². The molecule has 0 bridgehead atoms. The SMILES string of the molecule is COCC(O)Cc1ccc(CF)cc1. The van der Waals surface area contributed by atoms with Crippen LogP contribution in [0.2, 0.25) is 0 Å². The molecule has 1 atom stereocenters. The summed E-state index contributed by atoms with van der Waals surface area (Å²) in [5.41, 5.74) is 1.65. The zero-order valence-electron chi connectivity index (χ0n) is 8.24. The fourth-order valence-electron chi connectivity index (χ4n) is 1.29. The molecular formula is C11H15FO2. The van der Waals surface area contributed by atoms with Gasteiger partial charge in [0.05, 0.1) is 12.7 Å². The van der Waals surface area contributed by atoms with Gasteiger partial charge >= 0.3 is 0 Å². The topological polar surface area (TPSA) is 29.5 Å². The highest BCUT2D eigenvalue weighted by atomic mass is 19.1. The first-order valence-corrected chi connectivity index (χ1v) is 4.57. The first-order chi connectivity index (χ1) is 6.76. The minimum absolute atomic E-state index is 0.324. The molecule has 1 aromatic carbocycles. The van der Waals surface area contributed by atoms with E-state index in [1.165, 1.54) is 0 Å². The number of hydrogen-bond acceptors (Lipinski definition) is 2. The van der Waals surface area contributed by atoms with Crippen molar-refractivity contribution in [2.24, 2.45) is 0 Å². The molecule has 1 rings (SSSR count). The largest absolute Gasteiger partial charge is 0.390 e. The molecule has 0 aromatic heterocycles. The molecule has 0 heterocycles. The van der Waals surface area contributed by atoms with Gasteiger partial charge in [-0.15, -0.1) is 0 Å². The zero-order valence-corrected chi connectivity index (χ0v) is 8.24. The average Bonchev–Trinajstić information content (AvgIpc) is 2.19. The predicted molar refractivity (Wildman–Crippen MR) is 52.8 cm³/mol. The fourth-order valence-corrected chi connectivity index (χ4v) is 1.29. The van der Waals surface area contributed by atoms with Crippen molar-refractivity contribution in [1.29, 1.82) is 0 Å². The quantitative estimate of drug-likeness (QED) is 0.780. The van der Waals surface area contributed by atoms with Crippen LogP contribution in [0.4, 0.5) is 4.39 Å². The summed E-state index contributed by atoms with van der Waals surface area (Å²) >= 11 is 0. The summed E-state index contributed by atoms with van der Waals surface area (Å²) in [6.07, 6.45) is 0.0525. The van der Waals surface area contributed by atoms with E-state index in [0.29, 0.717) is 18.6 Å². The summed E-state index contributed by atoms with van der Waals surface area (Å²) in [7, 11) is 1.55. The molecule has 1 N–H and O–H groups in total. The second-order valence-electron chi connectivity index (χ2n) is 3.26. The van der Waals surface area contributed by atoms with Crippen molar-refractivity contribution in [3.8, 4) is 0 Å². The smallest absolute Gasteiger partial charge is 0.115 e. The molecule has 0 amide bonds. The Morgan fingerprint density at radius 1 is 1.29 bits per heavy atom. The van der Waals surface area contributed by atoms with Gasteiger partial charge in [-0.25, -0.2) is 4.39 Å². The number of hydrogen-bond donors (Lipinski definition) is 1. The van der Waals surface area contributed by atoms with Gasteiger partial charge in [0, 0.05) is 13.5 Å². The normalized spacial score (nSPS) is 12.8. The Morgan fingerprint density at radius 3 is 2.36 bits per heavy atom. The van der Waals surface area contributed by atoms with Gasteiger partial charge in [0.2, 0.25) is 0 Å². The molecule has 0 fully saturated rings. The third-order valence-corrected chi connectivity index (χ3v) is 2.01. The lowest BCUT2D eigenvalue weighted by atomic mass is 10.1. The molecule has 2 nitrogen and oxygen atoms in total. The maximum absolute atomic E-state index is 12.2. The summed E-state index contributed by atoms with van der Waals surface area (Å²) in [6.45, 7) is -0.119. The Balaban J connectivity index is 2.50. The van der Waals surface area contributed by atoms with Crippen LogP contribution in [0.1, 0.15) is 11.1 Å². The average molecular weight is 198 g/mol. The summed E-state index contributed by atoms with van der Waals surface area (Å²) < 4.78 is 17.0. The molecule has 0 saturated carbocycles. The van der Waals surface area contributed by atoms with E-state index in [1.54, 1.807) is 19.2 Å². The lowest BCUT2D eigenvalue weighted by Gasteiger charge is -2.09. The van der Waals surface area contributed by atoms with Gasteiger partial charge in [-0.3, -0.25) is 0 Å². The Hall–Kier alpha value is -0.930. The van der Waals surface area contributed by atoms with Gasteiger partial charge in [0.25, 0.3) is 0 Å². The Labute approximate surface area is 83.3 Å². The molecule has 0 radical (unpaired) electrons. The van der Waals surface area contributed by atoms with E-state index in [4.69, 9.17) is 4.74 Å². The van der Waals surface area contributed by atoms with E-state index < -0.39 is 12.8 Å². The van der Waals surface area contributed by atoms with Crippen LogP contribution in [0, 0.1) is 0 Å². The summed E-state index contributed by atoms with van der Waals surface area (Å²) in [5, 5.41) is 9.43. The number of ether oxygens (including phenoxy) is 1. The van der Waals surface area contributed by atoms with Crippen LogP contribution in [-0.4, -0.2) is 24.9 Å². The Kier molecular flexibility index (Phi) is 4.56.